The summed E-state index contributed by atoms with van der Waals surface area (Å²) in [5.74, 6) is 1.79. The van der Waals surface area contributed by atoms with E-state index in [0.29, 0.717) is 6.54 Å². The van der Waals surface area contributed by atoms with E-state index in [9.17, 15) is 0 Å². The SMILES string of the molecule is CN=C(NCc1ccnn1C)NCC(c1ccco1)N1CCCC1.I. The molecule has 7 nitrogen and oxygen atoms in total. The molecule has 3 rings (SSSR count). The maximum Gasteiger partial charge on any atom is 0.191 e. The zero-order valence-corrected chi connectivity index (χ0v) is 17.1. The molecular weight excluding hydrogens is 431 g/mol. The zero-order valence-electron chi connectivity index (χ0n) is 14.8. The average Bonchev–Trinajstić information content (AvgIpc) is 3.34. The van der Waals surface area contributed by atoms with Crippen molar-refractivity contribution < 1.29 is 4.42 Å². The zero-order chi connectivity index (χ0) is 16.8. The van der Waals surface area contributed by atoms with Crippen LogP contribution in [0.15, 0.2) is 40.1 Å². The molecule has 1 aliphatic rings. The van der Waals surface area contributed by atoms with E-state index in [1.54, 1.807) is 19.5 Å². The van der Waals surface area contributed by atoms with Crippen LogP contribution in [0.1, 0.15) is 30.3 Å². The third kappa shape index (κ3) is 5.21. The molecular formula is C17H27IN6O. The van der Waals surface area contributed by atoms with Crippen LogP contribution in [0.25, 0.3) is 0 Å². The molecule has 1 fully saturated rings. The van der Waals surface area contributed by atoms with Crippen molar-refractivity contribution in [3.63, 3.8) is 0 Å². The van der Waals surface area contributed by atoms with E-state index in [-0.39, 0.29) is 30.0 Å². The van der Waals surface area contributed by atoms with Gasteiger partial charge in [0.2, 0.25) is 0 Å². The average molecular weight is 458 g/mol. The van der Waals surface area contributed by atoms with Gasteiger partial charge in [-0.3, -0.25) is 14.6 Å². The first-order valence-electron chi connectivity index (χ1n) is 8.47. The number of furan rings is 1. The summed E-state index contributed by atoms with van der Waals surface area (Å²) in [4.78, 5) is 6.79. The van der Waals surface area contributed by atoms with Gasteiger partial charge in [-0.2, -0.15) is 5.10 Å². The van der Waals surface area contributed by atoms with Crippen LogP contribution in [-0.4, -0.2) is 47.3 Å². The van der Waals surface area contributed by atoms with E-state index >= 15 is 0 Å². The van der Waals surface area contributed by atoms with Crippen LogP contribution in [0.4, 0.5) is 0 Å². The molecule has 1 aliphatic heterocycles. The van der Waals surface area contributed by atoms with Crippen molar-refractivity contribution in [3.05, 3.63) is 42.1 Å². The largest absolute Gasteiger partial charge is 0.468 e. The molecule has 3 heterocycles. The number of aliphatic imine (C=N–C) groups is 1. The fourth-order valence-corrected chi connectivity index (χ4v) is 3.11. The third-order valence-corrected chi connectivity index (χ3v) is 4.50. The van der Waals surface area contributed by atoms with Crippen LogP contribution in [0.2, 0.25) is 0 Å². The number of rotatable bonds is 6. The molecule has 1 saturated heterocycles. The van der Waals surface area contributed by atoms with Gasteiger partial charge in [-0.25, -0.2) is 0 Å². The molecule has 0 radical (unpaired) electrons. The maximum absolute atomic E-state index is 5.66. The van der Waals surface area contributed by atoms with Gasteiger partial charge in [-0.15, -0.1) is 24.0 Å². The molecule has 0 spiro atoms. The normalized spacial score (nSPS) is 16.5. The quantitative estimate of drug-likeness (QED) is 0.395. The number of aryl methyl sites for hydroxylation is 1. The van der Waals surface area contributed by atoms with E-state index in [1.807, 2.05) is 23.9 Å². The summed E-state index contributed by atoms with van der Waals surface area (Å²) >= 11 is 0. The molecule has 0 amide bonds. The number of aromatic nitrogens is 2. The highest BCUT2D eigenvalue weighted by Gasteiger charge is 2.25. The lowest BCUT2D eigenvalue weighted by Gasteiger charge is -2.26. The minimum Gasteiger partial charge on any atom is -0.468 e. The highest BCUT2D eigenvalue weighted by molar-refractivity contribution is 14.0. The van der Waals surface area contributed by atoms with Crippen LogP contribution in [0.5, 0.6) is 0 Å². The predicted octanol–water partition coefficient (Wildman–Crippen LogP) is 2.13. The first kappa shape index (κ1) is 19.8. The van der Waals surface area contributed by atoms with Gasteiger partial charge in [0.1, 0.15) is 5.76 Å². The van der Waals surface area contributed by atoms with Gasteiger partial charge in [0.25, 0.3) is 0 Å². The van der Waals surface area contributed by atoms with Crippen LogP contribution in [-0.2, 0) is 13.6 Å². The number of likely N-dealkylation sites (tertiary alicyclic amines) is 1. The fourth-order valence-electron chi connectivity index (χ4n) is 3.11. The second-order valence-corrected chi connectivity index (χ2v) is 6.03. The molecule has 2 aromatic heterocycles. The van der Waals surface area contributed by atoms with Crippen LogP contribution >= 0.6 is 24.0 Å². The number of hydrogen-bond acceptors (Lipinski definition) is 4. The third-order valence-electron chi connectivity index (χ3n) is 4.50. The summed E-state index contributed by atoms with van der Waals surface area (Å²) in [7, 11) is 3.73. The summed E-state index contributed by atoms with van der Waals surface area (Å²) in [6, 6.07) is 6.23. The number of halogens is 1. The van der Waals surface area contributed by atoms with Gasteiger partial charge in [-0.05, 0) is 44.1 Å². The van der Waals surface area contributed by atoms with Gasteiger partial charge in [-0.1, -0.05) is 0 Å². The molecule has 2 aromatic rings. The van der Waals surface area contributed by atoms with Crippen molar-refractivity contribution in [2.45, 2.75) is 25.4 Å². The van der Waals surface area contributed by atoms with Crippen molar-refractivity contribution in [2.75, 3.05) is 26.7 Å². The molecule has 1 unspecified atom stereocenters. The topological polar surface area (TPSA) is 70.6 Å². The Hall–Kier alpha value is -1.55. The monoisotopic (exact) mass is 458 g/mol. The summed E-state index contributed by atoms with van der Waals surface area (Å²) in [6.07, 6.45) is 6.05. The Morgan fingerprint density at radius 3 is 2.72 bits per heavy atom. The molecule has 138 valence electrons. The minimum absolute atomic E-state index is 0. The molecule has 8 heteroatoms. The lowest BCUT2D eigenvalue weighted by molar-refractivity contribution is 0.215. The Bertz CT molecular complexity index is 648. The Morgan fingerprint density at radius 2 is 2.12 bits per heavy atom. The van der Waals surface area contributed by atoms with Crippen molar-refractivity contribution in [1.82, 2.24) is 25.3 Å². The smallest absolute Gasteiger partial charge is 0.191 e. The van der Waals surface area contributed by atoms with E-state index < -0.39 is 0 Å². The minimum atomic E-state index is 0. The number of nitrogens with one attached hydrogen (secondary N) is 2. The van der Waals surface area contributed by atoms with Crippen molar-refractivity contribution in [2.24, 2.45) is 12.0 Å². The van der Waals surface area contributed by atoms with Crippen molar-refractivity contribution >= 4 is 29.9 Å². The van der Waals surface area contributed by atoms with Crippen LogP contribution in [0.3, 0.4) is 0 Å². The van der Waals surface area contributed by atoms with Gasteiger partial charge in [0.15, 0.2) is 5.96 Å². The molecule has 2 N–H and O–H groups in total. The fraction of sp³-hybridized carbons (Fsp3) is 0.529. The van der Waals surface area contributed by atoms with Gasteiger partial charge in [0, 0.05) is 26.8 Å². The standard InChI is InChI=1S/C17H26N6O.HI/c1-18-17(19-12-14-7-8-21-22(14)2)20-13-15(16-6-5-11-24-16)23-9-3-4-10-23;/h5-8,11,15H,3-4,9-10,12-13H2,1-2H3,(H2,18,19,20);1H. The van der Waals surface area contributed by atoms with Gasteiger partial charge >= 0.3 is 0 Å². The molecule has 0 bridgehead atoms. The van der Waals surface area contributed by atoms with Crippen molar-refractivity contribution in [1.29, 1.82) is 0 Å². The lowest BCUT2D eigenvalue weighted by atomic mass is 10.2. The summed E-state index contributed by atoms with van der Waals surface area (Å²) in [6.45, 7) is 3.69. The van der Waals surface area contributed by atoms with E-state index in [1.165, 1.54) is 12.8 Å². The van der Waals surface area contributed by atoms with E-state index in [0.717, 1.165) is 37.0 Å². The maximum atomic E-state index is 5.66. The Labute approximate surface area is 165 Å². The molecule has 1 atom stereocenters. The lowest BCUT2D eigenvalue weighted by Crippen LogP contribution is -2.42. The number of nitrogens with zero attached hydrogens (tertiary/aromatic N) is 4. The second-order valence-electron chi connectivity index (χ2n) is 6.03. The van der Waals surface area contributed by atoms with Gasteiger partial charge < -0.3 is 15.1 Å². The van der Waals surface area contributed by atoms with Crippen LogP contribution in [0, 0.1) is 0 Å². The molecule has 25 heavy (non-hydrogen) atoms. The summed E-state index contributed by atoms with van der Waals surface area (Å²) in [5.41, 5.74) is 1.11. The summed E-state index contributed by atoms with van der Waals surface area (Å²) in [5, 5.41) is 10.9. The first-order chi connectivity index (χ1) is 11.8. The highest BCUT2D eigenvalue weighted by atomic mass is 127. The highest BCUT2D eigenvalue weighted by Crippen LogP contribution is 2.24. The first-order valence-corrected chi connectivity index (χ1v) is 8.47. The number of hydrogen-bond donors (Lipinski definition) is 2. The van der Waals surface area contributed by atoms with Crippen molar-refractivity contribution in [3.8, 4) is 0 Å². The summed E-state index contributed by atoms with van der Waals surface area (Å²) < 4.78 is 7.51. The Balaban J connectivity index is 0.00000225. The van der Waals surface area contributed by atoms with Crippen LogP contribution < -0.4 is 10.6 Å². The molecule has 0 aliphatic carbocycles. The Kier molecular flexibility index (Phi) is 7.76. The van der Waals surface area contributed by atoms with E-state index in [2.05, 4.69) is 31.7 Å². The Morgan fingerprint density at radius 1 is 1.32 bits per heavy atom. The van der Waals surface area contributed by atoms with Gasteiger partial charge in [0.05, 0.1) is 24.5 Å². The second kappa shape index (κ2) is 9.81. The molecule has 0 saturated carbocycles. The predicted molar refractivity (Wildman–Crippen MR) is 109 cm³/mol. The van der Waals surface area contributed by atoms with E-state index in [4.69, 9.17) is 4.42 Å². The number of guanidine groups is 1. The molecule has 0 aromatic carbocycles.